The van der Waals surface area contributed by atoms with Crippen LogP contribution in [-0.4, -0.2) is 8.07 Å². The topological polar surface area (TPSA) is 0 Å². The normalized spacial score (nSPS) is 16.6. The average Bonchev–Trinajstić information content (AvgIpc) is 3.10. The van der Waals surface area contributed by atoms with Crippen LogP contribution in [0.1, 0.15) is 62.6 Å². The summed E-state index contributed by atoms with van der Waals surface area (Å²) in [7, 11) is -1.54. The van der Waals surface area contributed by atoms with E-state index >= 15 is 0 Å². The number of hydrogen-bond acceptors (Lipinski definition) is 0. The molecule has 0 saturated carbocycles. The van der Waals surface area contributed by atoms with Gasteiger partial charge in [-0.3, -0.25) is 0 Å². The number of rotatable bonds is 7. The molecule has 0 radical (unpaired) electrons. The van der Waals surface area contributed by atoms with Crippen LogP contribution in [0.5, 0.6) is 0 Å². The first-order chi connectivity index (χ1) is 12.6. The summed E-state index contributed by atoms with van der Waals surface area (Å²) in [4.78, 5) is 0. The third-order valence-corrected chi connectivity index (χ3v) is 10.1. The molecule has 4 rings (SSSR count). The van der Waals surface area contributed by atoms with Gasteiger partial charge in [-0.2, -0.15) is 0 Å². The van der Waals surface area contributed by atoms with Crippen molar-refractivity contribution in [2.45, 2.75) is 71.9 Å². The maximum Gasteiger partial charge on any atom is 0.113 e. The second-order valence-electron chi connectivity index (χ2n) is 8.71. The van der Waals surface area contributed by atoms with Crippen LogP contribution in [0, 0.1) is 0 Å². The van der Waals surface area contributed by atoms with Crippen molar-refractivity contribution in [1.29, 1.82) is 0 Å². The fourth-order valence-corrected chi connectivity index (χ4v) is 8.78. The largest absolute Gasteiger partial charge is 0.113 e. The van der Waals surface area contributed by atoms with Gasteiger partial charge in [0.05, 0.1) is 0 Å². The molecule has 0 nitrogen and oxygen atoms in total. The Morgan fingerprint density at radius 1 is 0.808 bits per heavy atom. The predicted molar refractivity (Wildman–Crippen MR) is 118 cm³/mol. The summed E-state index contributed by atoms with van der Waals surface area (Å²) < 4.78 is 0. The first-order valence-corrected chi connectivity index (χ1v) is 13.6. The Morgan fingerprint density at radius 3 is 2.19 bits per heavy atom. The standard InChI is InChI=1S/C25H32Si/c1-5-7-9-18-11-13-19(14-12-18)23-22-16-15-20-17-21(10-8-6-2)25(24(20)23)26(22,3)4/h11-16H,5-10,17H2,1-4H3. The van der Waals surface area contributed by atoms with Gasteiger partial charge >= 0.3 is 0 Å². The zero-order valence-corrected chi connectivity index (χ0v) is 17.9. The minimum absolute atomic E-state index is 1.21. The lowest BCUT2D eigenvalue weighted by atomic mass is 9.96. The third kappa shape index (κ3) is 2.72. The number of fused-ring (bicyclic) bond motifs is 1. The highest BCUT2D eigenvalue weighted by Gasteiger charge is 2.45. The molecule has 1 aliphatic carbocycles. The number of allylic oxidation sites excluding steroid dienone is 1. The van der Waals surface area contributed by atoms with Crippen molar-refractivity contribution >= 4 is 18.5 Å². The lowest BCUT2D eigenvalue weighted by molar-refractivity contribution is 0.778. The van der Waals surface area contributed by atoms with E-state index in [0.29, 0.717) is 0 Å². The maximum absolute atomic E-state index is 2.57. The molecule has 2 bridgehead atoms. The Hall–Kier alpha value is -1.60. The van der Waals surface area contributed by atoms with Crippen LogP contribution in [0.2, 0.25) is 13.1 Å². The van der Waals surface area contributed by atoms with Crippen LogP contribution in [0.15, 0.2) is 42.0 Å². The summed E-state index contributed by atoms with van der Waals surface area (Å²) in [5.74, 6) is 0. The van der Waals surface area contributed by atoms with Crippen LogP contribution in [0.3, 0.4) is 0 Å². The van der Waals surface area contributed by atoms with Crippen molar-refractivity contribution < 1.29 is 0 Å². The van der Waals surface area contributed by atoms with Gasteiger partial charge in [-0.25, -0.2) is 0 Å². The minimum atomic E-state index is -1.54. The Labute approximate surface area is 160 Å². The van der Waals surface area contributed by atoms with Gasteiger partial charge in [0.1, 0.15) is 8.07 Å². The van der Waals surface area contributed by atoms with Gasteiger partial charge in [-0.05, 0) is 70.3 Å². The minimum Gasteiger partial charge on any atom is -0.0655 e. The fraction of sp³-hybridized carbons (Fsp3) is 0.440. The molecule has 2 aromatic carbocycles. The molecule has 26 heavy (non-hydrogen) atoms. The monoisotopic (exact) mass is 360 g/mol. The molecule has 0 saturated heterocycles. The molecule has 0 spiro atoms. The molecule has 0 N–H and O–H groups in total. The second kappa shape index (κ2) is 6.85. The van der Waals surface area contributed by atoms with Gasteiger partial charge in [-0.1, -0.05) is 81.8 Å². The first-order valence-electron chi connectivity index (χ1n) is 10.6. The van der Waals surface area contributed by atoms with Crippen molar-refractivity contribution in [1.82, 2.24) is 0 Å². The van der Waals surface area contributed by atoms with Crippen molar-refractivity contribution in [3.8, 4) is 11.1 Å². The highest BCUT2D eigenvalue weighted by molar-refractivity contribution is 7.07. The molecule has 1 heteroatoms. The molecular formula is C25H32Si. The van der Waals surface area contributed by atoms with E-state index in [1.807, 2.05) is 0 Å². The molecule has 0 atom stereocenters. The van der Waals surface area contributed by atoms with E-state index in [0.717, 1.165) is 0 Å². The summed E-state index contributed by atoms with van der Waals surface area (Å²) in [5, 5.41) is 3.47. The van der Waals surface area contributed by atoms with Crippen molar-refractivity contribution in [2.24, 2.45) is 0 Å². The van der Waals surface area contributed by atoms with E-state index in [9.17, 15) is 0 Å². The van der Waals surface area contributed by atoms with Crippen molar-refractivity contribution in [2.75, 3.05) is 0 Å². The van der Waals surface area contributed by atoms with Crippen LogP contribution < -0.4 is 5.19 Å². The molecule has 0 fully saturated rings. The second-order valence-corrected chi connectivity index (χ2v) is 13.0. The van der Waals surface area contributed by atoms with Crippen LogP contribution in [0.25, 0.3) is 16.3 Å². The summed E-state index contributed by atoms with van der Waals surface area (Å²) in [6.07, 6.45) is 8.92. The van der Waals surface area contributed by atoms with Gasteiger partial charge < -0.3 is 0 Å². The molecule has 2 aromatic rings. The van der Waals surface area contributed by atoms with E-state index < -0.39 is 8.07 Å². The van der Waals surface area contributed by atoms with Gasteiger partial charge in [-0.15, -0.1) is 0 Å². The number of aryl methyl sites for hydroxylation is 1. The lowest BCUT2D eigenvalue weighted by Gasteiger charge is -2.22. The Bertz CT molecular complexity index is 852. The Balaban J connectivity index is 1.78. The summed E-state index contributed by atoms with van der Waals surface area (Å²) in [5.41, 5.74) is 9.53. The van der Waals surface area contributed by atoms with Gasteiger partial charge in [0.15, 0.2) is 0 Å². The van der Waals surface area contributed by atoms with E-state index in [-0.39, 0.29) is 0 Å². The first kappa shape index (κ1) is 17.8. The van der Waals surface area contributed by atoms with Gasteiger partial charge in [0.25, 0.3) is 0 Å². The quantitative estimate of drug-likeness (QED) is 0.484. The molecule has 136 valence electrons. The molecular weight excluding hydrogens is 328 g/mol. The molecule has 2 aliphatic rings. The summed E-state index contributed by atoms with van der Waals surface area (Å²) in [6, 6.07) is 14.4. The summed E-state index contributed by atoms with van der Waals surface area (Å²) in [6.45, 7) is 9.73. The fourth-order valence-electron chi connectivity index (χ4n) is 5.11. The van der Waals surface area contributed by atoms with Crippen molar-refractivity contribution in [3.63, 3.8) is 0 Å². The molecule has 0 aromatic heterocycles. The van der Waals surface area contributed by atoms with E-state index in [1.54, 1.807) is 32.6 Å². The molecule has 1 aliphatic heterocycles. The number of unbranched alkanes of at least 4 members (excludes halogenated alkanes) is 2. The Morgan fingerprint density at radius 2 is 1.50 bits per heavy atom. The van der Waals surface area contributed by atoms with Gasteiger partial charge in [0, 0.05) is 0 Å². The van der Waals surface area contributed by atoms with E-state index in [1.165, 1.54) is 56.1 Å². The number of benzene rings is 2. The van der Waals surface area contributed by atoms with Gasteiger partial charge in [0.2, 0.25) is 0 Å². The third-order valence-electron chi connectivity index (χ3n) is 6.49. The number of hydrogen-bond donors (Lipinski definition) is 0. The van der Waals surface area contributed by atoms with E-state index in [2.05, 4.69) is 63.3 Å². The lowest BCUT2D eigenvalue weighted by Crippen LogP contribution is -2.39. The van der Waals surface area contributed by atoms with Crippen LogP contribution in [-0.2, 0) is 12.8 Å². The zero-order chi connectivity index (χ0) is 18.3. The average molecular weight is 361 g/mol. The highest BCUT2D eigenvalue weighted by Crippen LogP contribution is 2.50. The smallest absolute Gasteiger partial charge is 0.0655 e. The highest BCUT2D eigenvalue weighted by atomic mass is 28.3. The SMILES string of the molecule is CCCCC1=C2c3c(ccc(c3-c3ccc(CCCC)cc3)[Si]2(C)C)C1. The van der Waals surface area contributed by atoms with Crippen molar-refractivity contribution in [3.05, 3.63) is 58.7 Å². The molecule has 0 unspecified atom stereocenters. The van der Waals surface area contributed by atoms with Crippen LogP contribution >= 0.6 is 0 Å². The van der Waals surface area contributed by atoms with Crippen LogP contribution in [0.4, 0.5) is 0 Å². The maximum atomic E-state index is 2.57. The zero-order valence-electron chi connectivity index (χ0n) is 16.9. The Kier molecular flexibility index (Phi) is 4.69. The molecule has 0 amide bonds. The predicted octanol–water partition coefficient (Wildman–Crippen LogP) is 6.66. The molecule has 1 heterocycles. The summed E-state index contributed by atoms with van der Waals surface area (Å²) >= 11 is 0. The van der Waals surface area contributed by atoms with E-state index in [4.69, 9.17) is 0 Å².